The van der Waals surface area contributed by atoms with Gasteiger partial charge in [-0.05, 0) is 43.4 Å². The van der Waals surface area contributed by atoms with Crippen LogP contribution in [0, 0.1) is 11.7 Å². The van der Waals surface area contributed by atoms with E-state index in [9.17, 15) is 4.39 Å². The number of nitrogens with one attached hydrogen (secondary N) is 1. The summed E-state index contributed by atoms with van der Waals surface area (Å²) in [7, 11) is 0. The molecule has 144 valence electrons. The van der Waals surface area contributed by atoms with Crippen LogP contribution in [0.2, 0.25) is 0 Å². The van der Waals surface area contributed by atoms with Gasteiger partial charge in [0, 0.05) is 19.2 Å². The molecule has 0 spiro atoms. The fraction of sp³-hybridized carbons (Fsp3) is 0.476. The summed E-state index contributed by atoms with van der Waals surface area (Å²) in [6, 6.07) is 6.13. The lowest BCUT2D eigenvalue weighted by atomic mass is 10.2. The fourth-order valence-corrected chi connectivity index (χ4v) is 2.19. The Morgan fingerprint density at radius 3 is 2.81 bits per heavy atom. The minimum Gasteiger partial charge on any atom is -0.491 e. The van der Waals surface area contributed by atoms with E-state index in [2.05, 4.69) is 25.2 Å². The molecule has 0 amide bonds. The molecule has 0 bridgehead atoms. The molecule has 0 aliphatic carbocycles. The van der Waals surface area contributed by atoms with Gasteiger partial charge in [0.25, 0.3) is 0 Å². The molecule has 26 heavy (non-hydrogen) atoms. The van der Waals surface area contributed by atoms with Gasteiger partial charge in [-0.3, -0.25) is 0 Å². The molecule has 0 aliphatic heterocycles. The summed E-state index contributed by atoms with van der Waals surface area (Å²) in [5.41, 5.74) is 0. The summed E-state index contributed by atoms with van der Waals surface area (Å²) in [4.78, 5) is 0.775. The van der Waals surface area contributed by atoms with E-state index in [0.717, 1.165) is 30.8 Å². The maximum Gasteiger partial charge on any atom is 0.126 e. The number of unbranched alkanes of at least 4 members (excludes halogenated alkanes) is 2. The summed E-state index contributed by atoms with van der Waals surface area (Å²) in [6.45, 7) is 6.86. The number of rotatable bonds is 13. The van der Waals surface area contributed by atoms with Gasteiger partial charge in [-0.15, -0.1) is 0 Å². The number of hydrogen-bond acceptors (Lipinski definition) is 3. The van der Waals surface area contributed by atoms with Crippen LogP contribution in [-0.4, -0.2) is 31.4 Å². The number of halogens is 1. The smallest absolute Gasteiger partial charge is 0.126 e. The third-order valence-corrected chi connectivity index (χ3v) is 3.66. The van der Waals surface area contributed by atoms with Gasteiger partial charge in [0.15, 0.2) is 0 Å². The minimum atomic E-state index is -0.292. The van der Waals surface area contributed by atoms with Crippen molar-refractivity contribution in [2.75, 3.05) is 26.4 Å². The lowest BCUT2D eigenvalue weighted by molar-refractivity contribution is 0.0974. The third kappa shape index (κ3) is 12.6. The average molecular weight is 380 g/mol. The molecule has 0 aliphatic rings. The molecular formula is C21H30FNO2S. The Balaban J connectivity index is 1.93. The molecule has 1 rings (SSSR count). The van der Waals surface area contributed by atoms with E-state index in [4.69, 9.17) is 21.7 Å². The van der Waals surface area contributed by atoms with E-state index in [1.165, 1.54) is 12.1 Å². The van der Waals surface area contributed by atoms with Gasteiger partial charge in [-0.25, -0.2) is 4.39 Å². The average Bonchev–Trinajstić information content (AvgIpc) is 2.61. The van der Waals surface area contributed by atoms with Crippen molar-refractivity contribution >= 4 is 17.2 Å². The Bertz CT molecular complexity index is 573. The molecule has 0 fully saturated rings. The maximum atomic E-state index is 13.0. The molecular weight excluding hydrogens is 349 g/mol. The molecule has 0 atom stereocenters. The second-order valence-electron chi connectivity index (χ2n) is 6.34. The van der Waals surface area contributed by atoms with Crippen LogP contribution in [0.1, 0.15) is 33.1 Å². The van der Waals surface area contributed by atoms with Crippen LogP contribution in [0.15, 0.2) is 48.6 Å². The Morgan fingerprint density at radius 1 is 1.19 bits per heavy atom. The summed E-state index contributed by atoms with van der Waals surface area (Å²) in [6.07, 6.45) is 11.1. The van der Waals surface area contributed by atoms with Crippen LogP contribution in [0.4, 0.5) is 4.39 Å². The fourth-order valence-electron chi connectivity index (χ4n) is 2.02. The predicted octanol–water partition coefficient (Wildman–Crippen LogP) is 5.08. The number of thiocarbonyl (C=S) groups is 1. The van der Waals surface area contributed by atoms with Crippen molar-refractivity contribution in [3.8, 4) is 5.75 Å². The Labute approximate surface area is 162 Å². The van der Waals surface area contributed by atoms with E-state index in [0.29, 0.717) is 31.5 Å². The number of benzene rings is 1. The zero-order valence-electron chi connectivity index (χ0n) is 15.7. The second-order valence-corrected chi connectivity index (χ2v) is 6.78. The van der Waals surface area contributed by atoms with Gasteiger partial charge < -0.3 is 14.8 Å². The van der Waals surface area contributed by atoms with Gasteiger partial charge in [0.1, 0.15) is 18.2 Å². The second kappa shape index (κ2) is 14.4. The molecule has 0 heterocycles. The van der Waals surface area contributed by atoms with Crippen LogP contribution < -0.4 is 10.1 Å². The normalized spacial score (nSPS) is 11.5. The van der Waals surface area contributed by atoms with E-state index in [1.54, 1.807) is 12.1 Å². The highest BCUT2D eigenvalue weighted by atomic mass is 32.1. The Hall–Kier alpha value is -1.72. The topological polar surface area (TPSA) is 30.5 Å². The number of hydrogen-bond donors (Lipinski definition) is 1. The van der Waals surface area contributed by atoms with Gasteiger partial charge >= 0.3 is 0 Å². The molecule has 5 heteroatoms. The van der Waals surface area contributed by atoms with Crippen molar-refractivity contribution < 1.29 is 13.9 Å². The zero-order valence-corrected chi connectivity index (χ0v) is 16.6. The summed E-state index contributed by atoms with van der Waals surface area (Å²) < 4.78 is 23.9. The third-order valence-electron chi connectivity index (χ3n) is 3.38. The van der Waals surface area contributed by atoms with Gasteiger partial charge in [-0.2, -0.15) is 0 Å². The summed E-state index contributed by atoms with van der Waals surface area (Å²) in [5, 5.41) is 3.20. The molecule has 0 radical (unpaired) electrons. The number of ether oxygens (including phenoxy) is 2. The lowest BCUT2D eigenvalue weighted by Crippen LogP contribution is -2.23. The standard InChI is InChI=1S/C21H30FNO2S/c1-18(2)17-23-21(26)12-7-5-3-4-6-8-13-24-14-15-25-20-11-9-10-19(22)16-20/h3,5,7,9-12,16,18H,4,6,8,13-15,17H2,1-2H3,(H,23,26)/b5-3+,12-7+. The summed E-state index contributed by atoms with van der Waals surface area (Å²) >= 11 is 5.20. The van der Waals surface area contributed by atoms with Crippen LogP contribution in [0.25, 0.3) is 0 Å². The highest BCUT2D eigenvalue weighted by molar-refractivity contribution is 7.80. The van der Waals surface area contributed by atoms with Crippen molar-refractivity contribution in [1.29, 1.82) is 0 Å². The Morgan fingerprint density at radius 2 is 2.04 bits per heavy atom. The molecule has 0 saturated carbocycles. The van der Waals surface area contributed by atoms with Crippen LogP contribution in [0.5, 0.6) is 5.75 Å². The first-order valence-corrected chi connectivity index (χ1v) is 9.56. The van der Waals surface area contributed by atoms with E-state index < -0.39 is 0 Å². The van der Waals surface area contributed by atoms with Crippen molar-refractivity contribution in [3.05, 3.63) is 54.4 Å². The monoisotopic (exact) mass is 379 g/mol. The van der Waals surface area contributed by atoms with Crippen molar-refractivity contribution in [2.24, 2.45) is 5.92 Å². The summed E-state index contributed by atoms with van der Waals surface area (Å²) in [5.74, 6) is 0.831. The van der Waals surface area contributed by atoms with Crippen molar-refractivity contribution in [1.82, 2.24) is 5.32 Å². The van der Waals surface area contributed by atoms with Crippen LogP contribution >= 0.6 is 12.2 Å². The van der Waals surface area contributed by atoms with Crippen molar-refractivity contribution in [3.63, 3.8) is 0 Å². The maximum absolute atomic E-state index is 13.0. The first-order chi connectivity index (χ1) is 12.6. The highest BCUT2D eigenvalue weighted by Gasteiger charge is 1.96. The van der Waals surface area contributed by atoms with Crippen LogP contribution in [0.3, 0.4) is 0 Å². The van der Waals surface area contributed by atoms with E-state index in [-0.39, 0.29) is 5.82 Å². The zero-order chi connectivity index (χ0) is 19.0. The van der Waals surface area contributed by atoms with Gasteiger partial charge in [0.2, 0.25) is 0 Å². The van der Waals surface area contributed by atoms with Crippen LogP contribution in [-0.2, 0) is 4.74 Å². The highest BCUT2D eigenvalue weighted by Crippen LogP contribution is 2.11. The van der Waals surface area contributed by atoms with Gasteiger partial charge in [-0.1, -0.05) is 50.4 Å². The molecule has 1 aromatic rings. The first-order valence-electron chi connectivity index (χ1n) is 9.15. The Kier molecular flexibility index (Phi) is 12.4. The van der Waals surface area contributed by atoms with Crippen molar-refractivity contribution in [2.45, 2.75) is 33.1 Å². The SMILES string of the molecule is CC(C)CNC(=S)/C=C/C=C/CCCCOCCOc1cccc(F)c1. The molecule has 0 saturated heterocycles. The van der Waals surface area contributed by atoms with E-state index >= 15 is 0 Å². The largest absolute Gasteiger partial charge is 0.491 e. The molecule has 1 N–H and O–H groups in total. The molecule has 1 aromatic carbocycles. The first kappa shape index (κ1) is 22.3. The minimum absolute atomic E-state index is 0.292. The molecule has 0 aromatic heterocycles. The van der Waals surface area contributed by atoms with E-state index in [1.807, 2.05) is 18.2 Å². The number of allylic oxidation sites excluding steroid dienone is 3. The predicted molar refractivity (Wildman–Crippen MR) is 110 cm³/mol. The van der Waals surface area contributed by atoms with Gasteiger partial charge in [0.05, 0.1) is 11.6 Å². The quantitative estimate of drug-likeness (QED) is 0.224. The molecule has 3 nitrogen and oxygen atoms in total. The lowest BCUT2D eigenvalue weighted by Gasteiger charge is -2.07. The molecule has 0 unspecified atom stereocenters.